The first-order valence-electron chi connectivity index (χ1n) is 11.8. The van der Waals surface area contributed by atoms with Crippen molar-refractivity contribution >= 4 is 33.1 Å². The van der Waals surface area contributed by atoms with Gasteiger partial charge in [0.15, 0.2) is 0 Å². The van der Waals surface area contributed by atoms with E-state index >= 15 is 0 Å². The molecule has 0 spiro atoms. The number of hydrogen-bond acceptors (Lipinski definition) is 1. The minimum Gasteiger partial charge on any atom is -0.455 e. The second kappa shape index (κ2) is 8.19. The van der Waals surface area contributed by atoms with Crippen LogP contribution in [0.4, 0.5) is 0 Å². The molecule has 0 saturated carbocycles. The normalized spacial score (nSPS) is 11.4. The predicted octanol–water partition coefficient (Wildman–Crippen LogP) is 10.0. The number of hydrogen-bond donors (Lipinski definition) is 0. The largest absolute Gasteiger partial charge is 0.455 e. The fourth-order valence-electron chi connectivity index (χ4n) is 4.94. The summed E-state index contributed by atoms with van der Waals surface area (Å²) < 4.78 is 6.61. The van der Waals surface area contributed by atoms with Gasteiger partial charge >= 0.3 is 0 Å². The van der Waals surface area contributed by atoms with Crippen molar-refractivity contribution in [3.8, 4) is 43.3 Å². The summed E-state index contributed by atoms with van der Waals surface area (Å²) in [5.41, 5.74) is 6.83. The first-order valence-corrected chi connectivity index (χ1v) is 12.6. The van der Waals surface area contributed by atoms with Crippen LogP contribution in [0.15, 0.2) is 132 Å². The van der Waals surface area contributed by atoms with Crippen LogP contribution in [0.25, 0.3) is 65.1 Å². The Labute approximate surface area is 207 Å². The second-order valence-corrected chi connectivity index (χ2v) is 9.84. The number of fused-ring (bicyclic) bond motifs is 4. The second-order valence-electron chi connectivity index (χ2n) is 8.75. The minimum absolute atomic E-state index is 0.905. The van der Waals surface area contributed by atoms with E-state index in [-0.39, 0.29) is 0 Å². The summed E-state index contributed by atoms with van der Waals surface area (Å²) in [5, 5.41) is 3.56. The summed E-state index contributed by atoms with van der Waals surface area (Å²) in [6, 6.07) is 45.1. The molecule has 164 valence electrons. The molecule has 7 rings (SSSR count). The molecule has 35 heavy (non-hydrogen) atoms. The van der Waals surface area contributed by atoms with Gasteiger partial charge in [-0.1, -0.05) is 78.9 Å². The van der Waals surface area contributed by atoms with Crippen LogP contribution in [0.2, 0.25) is 0 Å². The van der Waals surface area contributed by atoms with Crippen molar-refractivity contribution in [2.24, 2.45) is 0 Å². The number of para-hydroxylation sites is 1. The highest BCUT2D eigenvalue weighted by atomic mass is 32.1. The standard InChI is InChI=1S/C33H21OS/c1-3-11-22(12-4-1)30-20-25(21-31(35-30)23-13-5-2-6-14-23)32-27-17-9-8-16-26(27)28-19-24-15-7-10-18-29(24)34-33(28)32/h1-21H/q+1. The van der Waals surface area contributed by atoms with Gasteiger partial charge in [0, 0.05) is 39.8 Å². The molecule has 0 fully saturated rings. The topological polar surface area (TPSA) is 13.1 Å². The van der Waals surface area contributed by atoms with Crippen molar-refractivity contribution in [3.05, 3.63) is 127 Å². The number of rotatable bonds is 3. The highest BCUT2D eigenvalue weighted by molar-refractivity contribution is 7.18. The monoisotopic (exact) mass is 465 g/mol. The Morgan fingerprint density at radius 1 is 0.486 bits per heavy atom. The molecule has 0 amide bonds. The average Bonchev–Trinajstić information content (AvgIpc) is 3.26. The van der Waals surface area contributed by atoms with Crippen molar-refractivity contribution in [1.82, 2.24) is 0 Å². The van der Waals surface area contributed by atoms with Crippen molar-refractivity contribution in [2.45, 2.75) is 0 Å². The highest BCUT2D eigenvalue weighted by Crippen LogP contribution is 2.48. The molecule has 1 aromatic heterocycles. The van der Waals surface area contributed by atoms with Crippen LogP contribution in [0.3, 0.4) is 0 Å². The van der Waals surface area contributed by atoms with E-state index in [4.69, 9.17) is 4.42 Å². The van der Waals surface area contributed by atoms with Crippen LogP contribution < -0.4 is 0 Å². The van der Waals surface area contributed by atoms with E-state index < -0.39 is 0 Å². The molecule has 0 saturated heterocycles. The lowest BCUT2D eigenvalue weighted by Crippen LogP contribution is -1.85. The minimum atomic E-state index is 0.905. The maximum absolute atomic E-state index is 6.61. The van der Waals surface area contributed by atoms with Crippen molar-refractivity contribution < 1.29 is 4.42 Å². The molecular formula is C33H21OS+. The van der Waals surface area contributed by atoms with Gasteiger partial charge in [-0.15, -0.1) is 0 Å². The molecule has 0 bridgehead atoms. The highest BCUT2D eigenvalue weighted by Gasteiger charge is 2.26. The lowest BCUT2D eigenvalue weighted by atomic mass is 10.0. The lowest BCUT2D eigenvalue weighted by Gasteiger charge is -2.07. The smallest absolute Gasteiger partial charge is 0.239 e. The van der Waals surface area contributed by atoms with E-state index in [2.05, 4.69) is 115 Å². The molecule has 5 aromatic rings. The maximum atomic E-state index is 6.61. The molecule has 1 nitrogen and oxygen atoms in total. The summed E-state index contributed by atoms with van der Waals surface area (Å²) in [6.45, 7) is 0. The van der Waals surface area contributed by atoms with Gasteiger partial charge in [-0.2, -0.15) is 0 Å². The van der Waals surface area contributed by atoms with Crippen LogP contribution in [0.5, 0.6) is 0 Å². The maximum Gasteiger partial charge on any atom is 0.239 e. The van der Waals surface area contributed by atoms with E-state index in [1.54, 1.807) is 0 Å². The third-order valence-electron chi connectivity index (χ3n) is 6.59. The van der Waals surface area contributed by atoms with Crippen LogP contribution in [0.1, 0.15) is 0 Å². The van der Waals surface area contributed by atoms with Crippen molar-refractivity contribution in [2.75, 3.05) is 0 Å². The first-order chi connectivity index (χ1) is 17.3. The average molecular weight is 466 g/mol. The summed E-state index contributed by atoms with van der Waals surface area (Å²) in [5.74, 6) is 0.944. The molecule has 1 aliphatic carbocycles. The van der Waals surface area contributed by atoms with Gasteiger partial charge in [-0.05, 0) is 52.7 Å². The zero-order valence-corrected chi connectivity index (χ0v) is 19.8. The van der Waals surface area contributed by atoms with Crippen LogP contribution in [0, 0.1) is 0 Å². The molecule has 0 radical (unpaired) electrons. The van der Waals surface area contributed by atoms with Crippen molar-refractivity contribution in [1.29, 1.82) is 0 Å². The Kier molecular flexibility index (Phi) is 4.71. The Hall–Kier alpha value is -4.27. The fourth-order valence-corrected chi connectivity index (χ4v) is 6.06. The SMILES string of the molecule is c1ccc(-c2cc(-c3c4oc5ccccc5cc-4c4ccccc34)cc(-c3ccccc3)[s+]2)cc1. The van der Waals surface area contributed by atoms with E-state index in [0.717, 1.165) is 27.9 Å². The summed E-state index contributed by atoms with van der Waals surface area (Å²) in [4.78, 5) is 2.47. The molecular weight excluding hydrogens is 444 g/mol. The van der Waals surface area contributed by atoms with Gasteiger partial charge in [0.25, 0.3) is 0 Å². The Bertz CT molecular complexity index is 1720. The van der Waals surface area contributed by atoms with Gasteiger partial charge in [0.1, 0.15) is 11.3 Å². The molecule has 1 aliphatic heterocycles. The Balaban J connectivity index is 1.57. The molecule has 2 heteroatoms. The molecule has 0 unspecified atom stereocenters. The molecule has 0 atom stereocenters. The third kappa shape index (κ3) is 3.42. The Morgan fingerprint density at radius 2 is 1.06 bits per heavy atom. The van der Waals surface area contributed by atoms with E-state index in [9.17, 15) is 0 Å². The van der Waals surface area contributed by atoms with Gasteiger partial charge in [-0.3, -0.25) is 0 Å². The predicted molar refractivity (Wildman–Crippen MR) is 149 cm³/mol. The number of benzene rings is 4. The van der Waals surface area contributed by atoms with Crippen LogP contribution in [-0.2, 0) is 0 Å². The van der Waals surface area contributed by atoms with Gasteiger partial charge in [-0.25, -0.2) is 0 Å². The zero-order chi connectivity index (χ0) is 23.2. The molecule has 2 heterocycles. The first kappa shape index (κ1) is 20.1. The van der Waals surface area contributed by atoms with E-state index in [1.165, 1.54) is 37.2 Å². The molecule has 2 aliphatic rings. The summed E-state index contributed by atoms with van der Waals surface area (Å²) >= 11 is 1.82. The van der Waals surface area contributed by atoms with Gasteiger partial charge in [0.2, 0.25) is 21.1 Å². The van der Waals surface area contributed by atoms with Crippen LogP contribution >= 0.6 is 11.3 Å². The molecule has 0 N–H and O–H groups in total. The van der Waals surface area contributed by atoms with E-state index in [1.807, 2.05) is 23.5 Å². The van der Waals surface area contributed by atoms with Gasteiger partial charge < -0.3 is 4.42 Å². The summed E-state index contributed by atoms with van der Waals surface area (Å²) in [6.07, 6.45) is 0. The quantitative estimate of drug-likeness (QED) is 0.237. The summed E-state index contributed by atoms with van der Waals surface area (Å²) in [7, 11) is 0. The zero-order valence-electron chi connectivity index (χ0n) is 18.9. The van der Waals surface area contributed by atoms with Gasteiger partial charge in [0.05, 0.1) is 0 Å². The lowest BCUT2D eigenvalue weighted by molar-refractivity contribution is 0.623. The van der Waals surface area contributed by atoms with Crippen LogP contribution in [-0.4, -0.2) is 0 Å². The molecule has 4 aromatic carbocycles. The third-order valence-corrected chi connectivity index (χ3v) is 7.73. The van der Waals surface area contributed by atoms with E-state index in [0.29, 0.717) is 0 Å². The van der Waals surface area contributed by atoms with Crippen molar-refractivity contribution in [3.63, 3.8) is 0 Å². The fraction of sp³-hybridized carbons (Fsp3) is 0. The Morgan fingerprint density at radius 3 is 1.74 bits per heavy atom.